The fourth-order valence-electron chi connectivity index (χ4n) is 1.39. The van der Waals surface area contributed by atoms with E-state index in [1.807, 2.05) is 0 Å². The largest absolute Gasteiger partial charge is 0.313 e. The molecule has 0 saturated heterocycles. The normalized spacial score (nSPS) is 10.3. The summed E-state index contributed by atoms with van der Waals surface area (Å²) in [7, 11) is 0. The lowest BCUT2D eigenvalue weighted by atomic mass is 10.3. The third-order valence-electron chi connectivity index (χ3n) is 2.07. The average Bonchev–Trinajstić information content (AvgIpc) is 2.65. The number of carbonyl (C=O) groups is 1. The van der Waals surface area contributed by atoms with Crippen molar-refractivity contribution in [1.29, 1.82) is 0 Å². The van der Waals surface area contributed by atoms with Gasteiger partial charge in [0.2, 0.25) is 0 Å². The van der Waals surface area contributed by atoms with Crippen LogP contribution in [0.5, 0.6) is 0 Å². The van der Waals surface area contributed by atoms with Crippen LogP contribution in [0.1, 0.15) is 10.5 Å². The molecule has 76 valence electrons. The average molecular weight is 268 g/mol. The molecule has 1 aromatic carbocycles. The van der Waals surface area contributed by atoms with Gasteiger partial charge < -0.3 is 4.57 Å². The van der Waals surface area contributed by atoms with Crippen LogP contribution >= 0.6 is 15.9 Å². The van der Waals surface area contributed by atoms with Gasteiger partial charge in [0, 0.05) is 10.7 Å². The SMILES string of the molecule is O=Cc1cccn1-c1ccc(F)cc1Br. The first-order valence-electron chi connectivity index (χ1n) is 4.30. The number of rotatable bonds is 2. The van der Waals surface area contributed by atoms with Crippen molar-refractivity contribution >= 4 is 22.2 Å². The molecule has 4 heteroatoms. The molecule has 1 aromatic heterocycles. The molecule has 2 nitrogen and oxygen atoms in total. The van der Waals surface area contributed by atoms with E-state index in [2.05, 4.69) is 15.9 Å². The molecule has 0 aliphatic carbocycles. The summed E-state index contributed by atoms with van der Waals surface area (Å²) in [5.41, 5.74) is 1.27. The van der Waals surface area contributed by atoms with E-state index in [1.165, 1.54) is 12.1 Å². The van der Waals surface area contributed by atoms with Crippen LogP contribution in [-0.2, 0) is 0 Å². The lowest BCUT2D eigenvalue weighted by Gasteiger charge is -2.07. The molecule has 15 heavy (non-hydrogen) atoms. The minimum Gasteiger partial charge on any atom is -0.313 e. The fraction of sp³-hybridized carbons (Fsp3) is 0. The van der Waals surface area contributed by atoms with Gasteiger partial charge in [0.1, 0.15) is 5.82 Å². The van der Waals surface area contributed by atoms with Gasteiger partial charge in [0.05, 0.1) is 11.4 Å². The van der Waals surface area contributed by atoms with Crippen LogP contribution in [0.2, 0.25) is 0 Å². The molecule has 0 spiro atoms. The van der Waals surface area contributed by atoms with Crippen LogP contribution in [-0.4, -0.2) is 10.9 Å². The monoisotopic (exact) mass is 267 g/mol. The van der Waals surface area contributed by atoms with Crippen LogP contribution in [0.25, 0.3) is 5.69 Å². The van der Waals surface area contributed by atoms with Gasteiger partial charge in [-0.1, -0.05) is 0 Å². The summed E-state index contributed by atoms with van der Waals surface area (Å²) in [5.74, 6) is -0.314. The van der Waals surface area contributed by atoms with Crippen molar-refractivity contribution in [2.75, 3.05) is 0 Å². The highest BCUT2D eigenvalue weighted by molar-refractivity contribution is 9.10. The number of carbonyl (C=O) groups excluding carboxylic acids is 1. The Balaban J connectivity index is 2.59. The molecule has 2 aromatic rings. The Kier molecular flexibility index (Phi) is 2.68. The Hall–Kier alpha value is -1.42. The summed E-state index contributed by atoms with van der Waals surface area (Å²) in [6, 6.07) is 7.80. The van der Waals surface area contributed by atoms with Gasteiger partial charge in [0.25, 0.3) is 0 Å². The third kappa shape index (κ3) is 1.85. The van der Waals surface area contributed by atoms with E-state index < -0.39 is 0 Å². The Labute approximate surface area is 94.5 Å². The van der Waals surface area contributed by atoms with Crippen LogP contribution in [0.4, 0.5) is 4.39 Å². The lowest BCUT2D eigenvalue weighted by molar-refractivity contribution is 0.111. The molecule has 0 aliphatic heterocycles. The van der Waals surface area contributed by atoms with Gasteiger partial charge in [-0.05, 0) is 46.3 Å². The second-order valence-corrected chi connectivity index (χ2v) is 3.87. The molecule has 0 bridgehead atoms. The van der Waals surface area contributed by atoms with Gasteiger partial charge in [-0.25, -0.2) is 4.39 Å². The molecule has 0 saturated carbocycles. The maximum absolute atomic E-state index is 12.9. The highest BCUT2D eigenvalue weighted by Crippen LogP contribution is 2.23. The van der Waals surface area contributed by atoms with E-state index >= 15 is 0 Å². The lowest BCUT2D eigenvalue weighted by Crippen LogP contribution is -1.98. The van der Waals surface area contributed by atoms with Crippen LogP contribution in [0.15, 0.2) is 41.0 Å². The first-order chi connectivity index (χ1) is 7.22. The van der Waals surface area contributed by atoms with E-state index in [-0.39, 0.29) is 5.82 Å². The molecule has 0 N–H and O–H groups in total. The van der Waals surface area contributed by atoms with Gasteiger partial charge in [-0.2, -0.15) is 0 Å². The summed E-state index contributed by atoms with van der Waals surface area (Å²) in [6.45, 7) is 0. The van der Waals surface area contributed by atoms with Crippen molar-refractivity contribution in [2.45, 2.75) is 0 Å². The van der Waals surface area contributed by atoms with Crippen molar-refractivity contribution in [1.82, 2.24) is 4.57 Å². The van der Waals surface area contributed by atoms with Crippen LogP contribution < -0.4 is 0 Å². The molecule has 0 radical (unpaired) electrons. The zero-order valence-corrected chi connectivity index (χ0v) is 9.24. The van der Waals surface area contributed by atoms with E-state index in [0.717, 1.165) is 12.0 Å². The Morgan fingerprint density at radius 1 is 1.33 bits per heavy atom. The van der Waals surface area contributed by atoms with E-state index in [0.29, 0.717) is 10.2 Å². The number of benzene rings is 1. The Morgan fingerprint density at radius 3 is 2.80 bits per heavy atom. The molecule has 0 atom stereocenters. The number of hydrogen-bond acceptors (Lipinski definition) is 1. The highest BCUT2D eigenvalue weighted by atomic mass is 79.9. The number of aldehydes is 1. The zero-order chi connectivity index (χ0) is 10.8. The smallest absolute Gasteiger partial charge is 0.166 e. The second kappa shape index (κ2) is 3.98. The molecule has 0 unspecified atom stereocenters. The fourth-order valence-corrected chi connectivity index (χ4v) is 1.93. The highest BCUT2D eigenvalue weighted by Gasteiger charge is 2.06. The maximum Gasteiger partial charge on any atom is 0.166 e. The number of aromatic nitrogens is 1. The van der Waals surface area contributed by atoms with E-state index in [4.69, 9.17) is 0 Å². The van der Waals surface area contributed by atoms with Gasteiger partial charge in [-0.15, -0.1) is 0 Å². The molecular weight excluding hydrogens is 261 g/mol. The number of nitrogens with zero attached hydrogens (tertiary/aromatic N) is 1. The van der Waals surface area contributed by atoms with Crippen molar-refractivity contribution in [3.63, 3.8) is 0 Å². The first kappa shape index (κ1) is 10.1. The number of halogens is 2. The van der Waals surface area contributed by atoms with Crippen molar-refractivity contribution in [3.8, 4) is 5.69 Å². The Bertz CT molecular complexity index is 507. The zero-order valence-electron chi connectivity index (χ0n) is 7.65. The van der Waals surface area contributed by atoms with Crippen LogP contribution in [0, 0.1) is 5.82 Å². The predicted molar refractivity (Wildman–Crippen MR) is 58.8 cm³/mol. The molecule has 2 rings (SSSR count). The van der Waals surface area contributed by atoms with Crippen molar-refractivity contribution in [2.24, 2.45) is 0 Å². The van der Waals surface area contributed by atoms with E-state index in [1.54, 1.807) is 29.0 Å². The summed E-state index contributed by atoms with van der Waals surface area (Å²) < 4.78 is 15.2. The van der Waals surface area contributed by atoms with Gasteiger partial charge >= 0.3 is 0 Å². The standard InChI is InChI=1S/C11H7BrFNO/c12-10-6-8(13)3-4-11(10)14-5-1-2-9(14)7-15/h1-7H. The molecule has 0 fully saturated rings. The third-order valence-corrected chi connectivity index (χ3v) is 2.71. The van der Waals surface area contributed by atoms with Crippen molar-refractivity contribution in [3.05, 3.63) is 52.5 Å². The second-order valence-electron chi connectivity index (χ2n) is 3.02. The Morgan fingerprint density at radius 2 is 2.13 bits per heavy atom. The molecule has 0 amide bonds. The summed E-state index contributed by atoms with van der Waals surface area (Å²) in [5, 5.41) is 0. The van der Waals surface area contributed by atoms with E-state index in [9.17, 15) is 9.18 Å². The molecule has 0 aliphatic rings. The molecule has 1 heterocycles. The molecular formula is C11H7BrFNO. The van der Waals surface area contributed by atoms with Gasteiger partial charge in [-0.3, -0.25) is 4.79 Å². The minimum absolute atomic E-state index is 0.314. The summed E-state index contributed by atoms with van der Waals surface area (Å²) >= 11 is 3.26. The van der Waals surface area contributed by atoms with Gasteiger partial charge in [0.15, 0.2) is 6.29 Å². The maximum atomic E-state index is 12.9. The minimum atomic E-state index is -0.314. The predicted octanol–water partition coefficient (Wildman–Crippen LogP) is 3.19. The quantitative estimate of drug-likeness (QED) is 0.766. The van der Waals surface area contributed by atoms with Crippen LogP contribution in [0.3, 0.4) is 0 Å². The van der Waals surface area contributed by atoms with Crippen molar-refractivity contribution < 1.29 is 9.18 Å². The summed E-state index contributed by atoms with van der Waals surface area (Å²) in [4.78, 5) is 10.7. The summed E-state index contributed by atoms with van der Waals surface area (Å²) in [6.07, 6.45) is 2.51. The topological polar surface area (TPSA) is 22.0 Å². The first-order valence-corrected chi connectivity index (χ1v) is 5.09. The number of hydrogen-bond donors (Lipinski definition) is 0.